The predicted octanol–water partition coefficient (Wildman–Crippen LogP) is 1.66. The molecule has 2 heterocycles. The molecule has 2 aliphatic heterocycles. The molecule has 1 unspecified atom stereocenters. The lowest BCUT2D eigenvalue weighted by molar-refractivity contribution is -0.151. The summed E-state index contributed by atoms with van der Waals surface area (Å²) >= 11 is 0. The summed E-state index contributed by atoms with van der Waals surface area (Å²) in [4.78, 5) is 16.2. The van der Waals surface area contributed by atoms with Crippen LogP contribution in [0.1, 0.15) is 39.0 Å². The molecule has 0 saturated carbocycles. The Bertz CT molecular complexity index is 298. The highest BCUT2D eigenvalue weighted by Gasteiger charge is 2.38. The molecule has 0 aromatic rings. The Morgan fingerprint density at radius 2 is 1.83 bits per heavy atom. The van der Waals surface area contributed by atoms with E-state index in [9.17, 15) is 9.90 Å². The van der Waals surface area contributed by atoms with Gasteiger partial charge in [0.1, 0.15) is 0 Å². The zero-order chi connectivity index (χ0) is 13.2. The molecule has 104 valence electrons. The molecule has 1 atom stereocenters. The number of carbonyl (C=O) groups is 1. The molecule has 2 rings (SSSR count). The van der Waals surface area contributed by atoms with Crippen molar-refractivity contribution in [2.45, 2.75) is 45.1 Å². The quantitative estimate of drug-likeness (QED) is 0.814. The van der Waals surface area contributed by atoms with E-state index in [0.717, 1.165) is 25.9 Å². The Labute approximate surface area is 110 Å². The molecule has 0 bridgehead atoms. The summed E-state index contributed by atoms with van der Waals surface area (Å²) in [6.07, 6.45) is 5.38. The summed E-state index contributed by atoms with van der Waals surface area (Å²) in [5.74, 6) is -0.622. The average Bonchev–Trinajstić information content (AvgIpc) is 2.55. The van der Waals surface area contributed by atoms with Crippen molar-refractivity contribution in [3.63, 3.8) is 0 Å². The molecular weight excluding hydrogens is 228 g/mol. The minimum absolute atomic E-state index is 0.488. The third-order valence-corrected chi connectivity index (χ3v) is 4.86. The number of hydrogen-bond acceptors (Lipinski definition) is 3. The van der Waals surface area contributed by atoms with Crippen LogP contribution in [0.5, 0.6) is 0 Å². The smallest absolute Gasteiger partial charge is 0.309 e. The number of carboxylic acid groups (broad SMARTS) is 1. The topological polar surface area (TPSA) is 43.8 Å². The molecule has 0 spiro atoms. The Morgan fingerprint density at radius 1 is 1.17 bits per heavy atom. The average molecular weight is 254 g/mol. The molecule has 0 radical (unpaired) electrons. The van der Waals surface area contributed by atoms with Crippen molar-refractivity contribution in [3.05, 3.63) is 0 Å². The normalized spacial score (nSPS) is 30.9. The summed E-state index contributed by atoms with van der Waals surface area (Å²) in [6.45, 7) is 6.19. The molecule has 4 nitrogen and oxygen atoms in total. The van der Waals surface area contributed by atoms with Crippen LogP contribution in [0, 0.1) is 5.41 Å². The van der Waals surface area contributed by atoms with Gasteiger partial charge in [-0.15, -0.1) is 0 Å². The zero-order valence-electron chi connectivity index (χ0n) is 11.7. The molecule has 0 aliphatic carbocycles. The van der Waals surface area contributed by atoms with Gasteiger partial charge < -0.3 is 14.9 Å². The van der Waals surface area contributed by atoms with Crippen LogP contribution in [0.25, 0.3) is 0 Å². The summed E-state index contributed by atoms with van der Waals surface area (Å²) in [7, 11) is 2.19. The van der Waals surface area contributed by atoms with Crippen LogP contribution in [-0.4, -0.2) is 60.1 Å². The molecule has 18 heavy (non-hydrogen) atoms. The number of piperidine rings is 1. The highest BCUT2D eigenvalue weighted by molar-refractivity contribution is 5.74. The first kappa shape index (κ1) is 13.8. The maximum Gasteiger partial charge on any atom is 0.309 e. The van der Waals surface area contributed by atoms with Crippen molar-refractivity contribution in [1.82, 2.24) is 9.80 Å². The molecule has 0 amide bonds. The maximum atomic E-state index is 11.2. The monoisotopic (exact) mass is 254 g/mol. The summed E-state index contributed by atoms with van der Waals surface area (Å²) < 4.78 is 0. The van der Waals surface area contributed by atoms with Gasteiger partial charge in [0.05, 0.1) is 5.41 Å². The van der Waals surface area contributed by atoms with E-state index in [2.05, 4.69) is 16.8 Å². The van der Waals surface area contributed by atoms with Crippen molar-refractivity contribution in [3.8, 4) is 0 Å². The fraction of sp³-hybridized carbons (Fsp3) is 0.929. The van der Waals surface area contributed by atoms with Gasteiger partial charge in [-0.2, -0.15) is 0 Å². The fourth-order valence-electron chi connectivity index (χ4n) is 3.18. The summed E-state index contributed by atoms with van der Waals surface area (Å²) in [5, 5.41) is 9.25. The number of carboxylic acids is 1. The Balaban J connectivity index is 1.87. The Hall–Kier alpha value is -0.610. The Morgan fingerprint density at radius 3 is 2.44 bits per heavy atom. The van der Waals surface area contributed by atoms with E-state index in [0.29, 0.717) is 6.04 Å². The van der Waals surface area contributed by atoms with Crippen LogP contribution in [0.3, 0.4) is 0 Å². The van der Waals surface area contributed by atoms with Crippen LogP contribution in [0.2, 0.25) is 0 Å². The molecule has 2 aliphatic rings. The molecule has 2 fully saturated rings. The number of rotatable bonds is 2. The predicted molar refractivity (Wildman–Crippen MR) is 71.7 cm³/mol. The van der Waals surface area contributed by atoms with Crippen LogP contribution < -0.4 is 0 Å². The molecule has 4 heteroatoms. The number of nitrogens with zero attached hydrogens (tertiary/aromatic N) is 2. The summed E-state index contributed by atoms with van der Waals surface area (Å²) in [6, 6.07) is 0.674. The van der Waals surface area contributed by atoms with Gasteiger partial charge in [-0.1, -0.05) is 0 Å². The second-order valence-electron chi connectivity index (χ2n) is 6.29. The molecule has 0 aromatic carbocycles. The second kappa shape index (κ2) is 5.57. The van der Waals surface area contributed by atoms with Crippen LogP contribution in [-0.2, 0) is 4.79 Å². The highest BCUT2D eigenvalue weighted by atomic mass is 16.4. The molecule has 0 aromatic heterocycles. The van der Waals surface area contributed by atoms with E-state index >= 15 is 0 Å². The molecular formula is C14H26N2O2. The summed E-state index contributed by atoms with van der Waals surface area (Å²) in [5.41, 5.74) is -0.488. The molecule has 1 N–H and O–H groups in total. The van der Waals surface area contributed by atoms with Gasteiger partial charge >= 0.3 is 5.97 Å². The SMILES string of the molecule is CN1CCCC(N2CCC(C)(C(=O)O)CC2)CC1. The van der Waals surface area contributed by atoms with Crippen LogP contribution in [0.15, 0.2) is 0 Å². The van der Waals surface area contributed by atoms with E-state index in [4.69, 9.17) is 0 Å². The van der Waals surface area contributed by atoms with Crippen molar-refractivity contribution < 1.29 is 9.90 Å². The van der Waals surface area contributed by atoms with Gasteiger partial charge in [0.15, 0.2) is 0 Å². The van der Waals surface area contributed by atoms with E-state index in [1.54, 1.807) is 0 Å². The van der Waals surface area contributed by atoms with Crippen molar-refractivity contribution >= 4 is 5.97 Å². The number of likely N-dealkylation sites (tertiary alicyclic amines) is 2. The first-order valence-electron chi connectivity index (χ1n) is 7.17. The Kier molecular flexibility index (Phi) is 4.28. The van der Waals surface area contributed by atoms with E-state index < -0.39 is 11.4 Å². The molecule has 2 saturated heterocycles. The lowest BCUT2D eigenvalue weighted by Gasteiger charge is -2.40. The van der Waals surface area contributed by atoms with Crippen molar-refractivity contribution in [2.75, 3.05) is 33.2 Å². The lowest BCUT2D eigenvalue weighted by Crippen LogP contribution is -2.47. The van der Waals surface area contributed by atoms with Crippen molar-refractivity contribution in [1.29, 1.82) is 0 Å². The van der Waals surface area contributed by atoms with E-state index in [-0.39, 0.29) is 0 Å². The van der Waals surface area contributed by atoms with Crippen LogP contribution in [0.4, 0.5) is 0 Å². The first-order chi connectivity index (χ1) is 8.51. The lowest BCUT2D eigenvalue weighted by atomic mass is 9.80. The van der Waals surface area contributed by atoms with Gasteiger partial charge in [-0.25, -0.2) is 0 Å². The number of aliphatic carboxylic acids is 1. The third-order valence-electron chi connectivity index (χ3n) is 4.86. The largest absolute Gasteiger partial charge is 0.481 e. The van der Waals surface area contributed by atoms with E-state index in [1.807, 2.05) is 6.92 Å². The third kappa shape index (κ3) is 3.04. The maximum absolute atomic E-state index is 11.2. The van der Waals surface area contributed by atoms with Gasteiger partial charge in [0.25, 0.3) is 0 Å². The minimum atomic E-state index is -0.622. The van der Waals surface area contributed by atoms with Gasteiger partial charge in [-0.05, 0) is 72.3 Å². The first-order valence-corrected chi connectivity index (χ1v) is 7.17. The number of hydrogen-bond donors (Lipinski definition) is 1. The van der Waals surface area contributed by atoms with Crippen LogP contribution >= 0.6 is 0 Å². The fourth-order valence-corrected chi connectivity index (χ4v) is 3.18. The minimum Gasteiger partial charge on any atom is -0.481 e. The zero-order valence-corrected chi connectivity index (χ0v) is 11.7. The van der Waals surface area contributed by atoms with E-state index in [1.165, 1.54) is 32.4 Å². The second-order valence-corrected chi connectivity index (χ2v) is 6.29. The van der Waals surface area contributed by atoms with Gasteiger partial charge in [0, 0.05) is 6.04 Å². The highest BCUT2D eigenvalue weighted by Crippen LogP contribution is 2.33. The van der Waals surface area contributed by atoms with Gasteiger partial charge in [0.2, 0.25) is 0 Å². The van der Waals surface area contributed by atoms with Gasteiger partial charge in [-0.3, -0.25) is 4.79 Å². The standard InChI is InChI=1S/C14H26N2O2/c1-14(13(17)18)6-10-16(11-7-14)12-4-3-8-15(2)9-5-12/h12H,3-11H2,1-2H3,(H,17,18). The van der Waals surface area contributed by atoms with Crippen molar-refractivity contribution in [2.24, 2.45) is 5.41 Å².